The van der Waals surface area contributed by atoms with E-state index in [0.29, 0.717) is 18.5 Å². The summed E-state index contributed by atoms with van der Waals surface area (Å²) in [5.74, 6) is -0.550. The van der Waals surface area contributed by atoms with Gasteiger partial charge in [-0.25, -0.2) is 4.39 Å². The van der Waals surface area contributed by atoms with Gasteiger partial charge in [-0.15, -0.1) is 0 Å². The molecule has 18 heavy (non-hydrogen) atoms. The Bertz CT molecular complexity index is 511. The smallest absolute Gasteiger partial charge is 0.251 e. The maximum atomic E-state index is 12.7. The van der Waals surface area contributed by atoms with Gasteiger partial charge in [0.1, 0.15) is 5.82 Å². The van der Waals surface area contributed by atoms with E-state index in [2.05, 4.69) is 10.3 Å². The van der Waals surface area contributed by atoms with Crippen molar-refractivity contribution in [2.45, 2.75) is 6.42 Å². The normalized spacial score (nSPS) is 10.1. The first kappa shape index (κ1) is 12.2. The van der Waals surface area contributed by atoms with Crippen molar-refractivity contribution in [1.82, 2.24) is 10.3 Å². The average molecular weight is 244 g/mol. The molecule has 92 valence electrons. The summed E-state index contributed by atoms with van der Waals surface area (Å²) >= 11 is 0. The van der Waals surface area contributed by atoms with Crippen molar-refractivity contribution in [2.24, 2.45) is 0 Å². The summed E-state index contributed by atoms with van der Waals surface area (Å²) in [6, 6.07) is 11.1. The summed E-state index contributed by atoms with van der Waals surface area (Å²) < 4.78 is 12.7. The molecule has 2 rings (SSSR count). The Balaban J connectivity index is 1.84. The predicted octanol–water partition coefficient (Wildman–Crippen LogP) is 2.19. The molecule has 0 atom stereocenters. The van der Waals surface area contributed by atoms with Gasteiger partial charge in [0, 0.05) is 30.4 Å². The summed E-state index contributed by atoms with van der Waals surface area (Å²) in [6.45, 7) is 0.507. The Morgan fingerprint density at radius 2 is 1.94 bits per heavy atom. The summed E-state index contributed by atoms with van der Waals surface area (Å²) in [6.07, 6.45) is 2.39. The van der Waals surface area contributed by atoms with Crippen LogP contribution in [-0.2, 0) is 6.42 Å². The number of aromatic nitrogens is 1. The molecule has 1 N–H and O–H groups in total. The van der Waals surface area contributed by atoms with Gasteiger partial charge < -0.3 is 5.32 Å². The molecule has 1 aromatic heterocycles. The van der Waals surface area contributed by atoms with Crippen LogP contribution in [0, 0.1) is 5.82 Å². The molecule has 3 nitrogen and oxygen atoms in total. The van der Waals surface area contributed by atoms with Gasteiger partial charge in [0.15, 0.2) is 0 Å². The van der Waals surface area contributed by atoms with E-state index in [4.69, 9.17) is 0 Å². The van der Waals surface area contributed by atoms with E-state index >= 15 is 0 Å². The topological polar surface area (TPSA) is 42.0 Å². The zero-order valence-electron chi connectivity index (χ0n) is 9.77. The maximum Gasteiger partial charge on any atom is 0.251 e. The molecule has 0 bridgehead atoms. The molecular formula is C14H13FN2O. The van der Waals surface area contributed by atoms with Crippen molar-refractivity contribution in [3.63, 3.8) is 0 Å². The van der Waals surface area contributed by atoms with Crippen molar-refractivity contribution in [3.05, 3.63) is 65.7 Å². The van der Waals surface area contributed by atoms with E-state index in [1.807, 2.05) is 18.2 Å². The molecule has 2 aromatic rings. The van der Waals surface area contributed by atoms with E-state index < -0.39 is 0 Å². The van der Waals surface area contributed by atoms with Crippen molar-refractivity contribution in [3.8, 4) is 0 Å². The molecule has 0 aliphatic rings. The minimum Gasteiger partial charge on any atom is -0.352 e. The standard InChI is InChI=1S/C14H13FN2O/c15-12-6-4-11(5-7-12)14(18)17-10-8-13-3-1-2-9-16-13/h1-7,9H,8,10H2,(H,17,18). The lowest BCUT2D eigenvalue weighted by Crippen LogP contribution is -2.25. The van der Waals surface area contributed by atoms with Crippen LogP contribution in [-0.4, -0.2) is 17.4 Å². The van der Waals surface area contributed by atoms with Crippen molar-refractivity contribution in [1.29, 1.82) is 0 Å². The van der Waals surface area contributed by atoms with E-state index in [0.717, 1.165) is 5.69 Å². The molecule has 0 aliphatic carbocycles. The van der Waals surface area contributed by atoms with Crippen LogP contribution >= 0.6 is 0 Å². The van der Waals surface area contributed by atoms with E-state index in [9.17, 15) is 9.18 Å². The highest BCUT2D eigenvalue weighted by Gasteiger charge is 2.04. The Kier molecular flexibility index (Phi) is 4.02. The predicted molar refractivity (Wildman–Crippen MR) is 66.7 cm³/mol. The van der Waals surface area contributed by atoms with Crippen LogP contribution in [0.3, 0.4) is 0 Å². The third kappa shape index (κ3) is 3.38. The second kappa shape index (κ2) is 5.91. The number of rotatable bonds is 4. The number of hydrogen-bond donors (Lipinski definition) is 1. The minimum atomic E-state index is -0.347. The zero-order chi connectivity index (χ0) is 12.8. The van der Waals surface area contributed by atoms with E-state index in [1.54, 1.807) is 6.20 Å². The fourth-order valence-corrected chi connectivity index (χ4v) is 1.55. The van der Waals surface area contributed by atoms with Crippen molar-refractivity contribution >= 4 is 5.91 Å². The first-order valence-electron chi connectivity index (χ1n) is 5.69. The van der Waals surface area contributed by atoms with Crippen LogP contribution in [0.15, 0.2) is 48.7 Å². The van der Waals surface area contributed by atoms with Gasteiger partial charge >= 0.3 is 0 Å². The molecule has 0 radical (unpaired) electrons. The lowest BCUT2D eigenvalue weighted by molar-refractivity contribution is 0.0954. The highest BCUT2D eigenvalue weighted by molar-refractivity contribution is 5.94. The van der Waals surface area contributed by atoms with E-state index in [1.165, 1.54) is 24.3 Å². The average Bonchev–Trinajstić information content (AvgIpc) is 2.40. The van der Waals surface area contributed by atoms with Gasteiger partial charge in [-0.2, -0.15) is 0 Å². The summed E-state index contributed by atoms with van der Waals surface area (Å²) in [7, 11) is 0. The number of carbonyl (C=O) groups is 1. The van der Waals surface area contributed by atoms with Gasteiger partial charge in [-0.3, -0.25) is 9.78 Å². The Morgan fingerprint density at radius 3 is 2.61 bits per heavy atom. The number of halogens is 1. The fourth-order valence-electron chi connectivity index (χ4n) is 1.55. The summed E-state index contributed by atoms with van der Waals surface area (Å²) in [4.78, 5) is 15.9. The van der Waals surface area contributed by atoms with Gasteiger partial charge in [0.2, 0.25) is 0 Å². The number of amides is 1. The molecule has 0 saturated carbocycles. The number of carbonyl (C=O) groups excluding carboxylic acids is 1. The monoisotopic (exact) mass is 244 g/mol. The van der Waals surface area contributed by atoms with Crippen LogP contribution in [0.5, 0.6) is 0 Å². The molecule has 1 amide bonds. The van der Waals surface area contributed by atoms with Gasteiger partial charge in [0.05, 0.1) is 0 Å². The lowest BCUT2D eigenvalue weighted by Gasteiger charge is -2.04. The number of hydrogen-bond acceptors (Lipinski definition) is 2. The largest absolute Gasteiger partial charge is 0.352 e. The Labute approximate surface area is 105 Å². The molecular weight excluding hydrogens is 231 g/mol. The van der Waals surface area contributed by atoms with Crippen molar-refractivity contribution in [2.75, 3.05) is 6.54 Å². The summed E-state index contributed by atoms with van der Waals surface area (Å²) in [5.41, 5.74) is 1.38. The summed E-state index contributed by atoms with van der Waals surface area (Å²) in [5, 5.41) is 2.77. The molecule has 0 unspecified atom stereocenters. The Morgan fingerprint density at radius 1 is 1.17 bits per heavy atom. The second-order valence-electron chi connectivity index (χ2n) is 3.83. The van der Waals surface area contributed by atoms with Gasteiger partial charge in [0.25, 0.3) is 5.91 Å². The number of nitrogens with one attached hydrogen (secondary N) is 1. The quantitative estimate of drug-likeness (QED) is 0.895. The maximum absolute atomic E-state index is 12.7. The highest BCUT2D eigenvalue weighted by atomic mass is 19.1. The molecule has 4 heteroatoms. The molecule has 0 aliphatic heterocycles. The third-order valence-electron chi connectivity index (χ3n) is 2.50. The third-order valence-corrected chi connectivity index (χ3v) is 2.50. The SMILES string of the molecule is O=C(NCCc1ccccn1)c1ccc(F)cc1. The van der Waals surface area contributed by atoms with Crippen molar-refractivity contribution < 1.29 is 9.18 Å². The zero-order valence-corrected chi connectivity index (χ0v) is 9.77. The van der Waals surface area contributed by atoms with Gasteiger partial charge in [-0.1, -0.05) is 6.07 Å². The minimum absolute atomic E-state index is 0.203. The fraction of sp³-hybridized carbons (Fsp3) is 0.143. The second-order valence-corrected chi connectivity index (χ2v) is 3.83. The molecule has 0 fully saturated rings. The van der Waals surface area contributed by atoms with Gasteiger partial charge in [-0.05, 0) is 36.4 Å². The Hall–Kier alpha value is -2.23. The lowest BCUT2D eigenvalue weighted by atomic mass is 10.2. The first-order chi connectivity index (χ1) is 8.75. The van der Waals surface area contributed by atoms with Crippen LogP contribution in [0.25, 0.3) is 0 Å². The molecule has 0 saturated heterocycles. The number of benzene rings is 1. The highest BCUT2D eigenvalue weighted by Crippen LogP contribution is 2.02. The van der Waals surface area contributed by atoms with Crippen LogP contribution < -0.4 is 5.32 Å². The van der Waals surface area contributed by atoms with Crippen LogP contribution in [0.2, 0.25) is 0 Å². The van der Waals surface area contributed by atoms with Crippen LogP contribution in [0.4, 0.5) is 4.39 Å². The molecule has 1 aromatic carbocycles. The number of nitrogens with zero attached hydrogens (tertiary/aromatic N) is 1. The molecule has 1 heterocycles. The number of pyridine rings is 1. The van der Waals surface area contributed by atoms with E-state index in [-0.39, 0.29) is 11.7 Å². The molecule has 0 spiro atoms. The first-order valence-corrected chi connectivity index (χ1v) is 5.69. The van der Waals surface area contributed by atoms with Crippen LogP contribution in [0.1, 0.15) is 16.1 Å².